The van der Waals surface area contributed by atoms with E-state index in [0.717, 1.165) is 6.92 Å². The van der Waals surface area contributed by atoms with Gasteiger partial charge in [0, 0.05) is 18.1 Å². The van der Waals surface area contributed by atoms with Crippen molar-refractivity contribution < 1.29 is 33.8 Å². The second-order valence-corrected chi connectivity index (χ2v) is 4.37. The predicted octanol–water partition coefficient (Wildman–Crippen LogP) is 1.97. The molecule has 7 heteroatoms. The number of aliphatic carboxylic acids is 1. The van der Waals surface area contributed by atoms with Crippen LogP contribution >= 0.6 is 0 Å². The third kappa shape index (κ3) is 4.92. The lowest BCUT2D eigenvalue weighted by molar-refractivity contribution is -0.140. The van der Waals surface area contributed by atoms with Crippen molar-refractivity contribution in [2.75, 3.05) is 0 Å². The zero-order valence-electron chi connectivity index (χ0n) is 12.3. The van der Waals surface area contributed by atoms with Gasteiger partial charge in [-0.05, 0) is 6.07 Å². The Morgan fingerprint density at radius 2 is 1.91 bits per heavy atom. The molecule has 1 aromatic rings. The van der Waals surface area contributed by atoms with E-state index in [2.05, 4.69) is 17.9 Å². The SMILES string of the molecule is C=Cc1cccc(C(=O)OC(=O)C(=C)CC(=O)O)c1OC(C)=O. The van der Waals surface area contributed by atoms with Gasteiger partial charge in [0.2, 0.25) is 0 Å². The fourth-order valence-electron chi connectivity index (χ4n) is 1.60. The van der Waals surface area contributed by atoms with Crippen molar-refractivity contribution in [2.45, 2.75) is 13.3 Å². The van der Waals surface area contributed by atoms with Crippen LogP contribution < -0.4 is 4.74 Å². The molecule has 120 valence electrons. The molecule has 0 saturated carbocycles. The summed E-state index contributed by atoms with van der Waals surface area (Å²) in [6, 6.07) is 4.32. The van der Waals surface area contributed by atoms with Gasteiger partial charge in [0.1, 0.15) is 5.56 Å². The van der Waals surface area contributed by atoms with Crippen LogP contribution in [0.25, 0.3) is 6.08 Å². The molecule has 0 atom stereocenters. The van der Waals surface area contributed by atoms with Crippen molar-refractivity contribution in [3.05, 3.63) is 48.1 Å². The Morgan fingerprint density at radius 3 is 2.43 bits per heavy atom. The molecule has 0 bridgehead atoms. The first-order valence-electron chi connectivity index (χ1n) is 6.36. The first-order valence-corrected chi connectivity index (χ1v) is 6.36. The summed E-state index contributed by atoms with van der Waals surface area (Å²) in [5.41, 5.74) is -0.208. The normalized spacial score (nSPS) is 9.61. The fourth-order valence-corrected chi connectivity index (χ4v) is 1.60. The molecule has 1 N–H and O–H groups in total. The summed E-state index contributed by atoms with van der Waals surface area (Å²) in [5.74, 6) is -4.32. The molecule has 0 radical (unpaired) electrons. The van der Waals surface area contributed by atoms with E-state index in [1.165, 1.54) is 18.2 Å². The lowest BCUT2D eigenvalue weighted by Gasteiger charge is -2.11. The minimum Gasteiger partial charge on any atom is -0.481 e. The highest BCUT2D eigenvalue weighted by Gasteiger charge is 2.22. The van der Waals surface area contributed by atoms with Crippen molar-refractivity contribution in [2.24, 2.45) is 0 Å². The van der Waals surface area contributed by atoms with E-state index in [0.29, 0.717) is 5.56 Å². The summed E-state index contributed by atoms with van der Waals surface area (Å²) in [4.78, 5) is 45.3. The summed E-state index contributed by atoms with van der Waals surface area (Å²) < 4.78 is 9.51. The summed E-state index contributed by atoms with van der Waals surface area (Å²) in [5, 5.41) is 8.57. The Labute approximate surface area is 131 Å². The minimum atomic E-state index is -1.28. The van der Waals surface area contributed by atoms with Gasteiger partial charge in [-0.2, -0.15) is 0 Å². The van der Waals surface area contributed by atoms with Crippen LogP contribution in [0.5, 0.6) is 5.75 Å². The van der Waals surface area contributed by atoms with Crippen molar-refractivity contribution in [3.63, 3.8) is 0 Å². The van der Waals surface area contributed by atoms with Gasteiger partial charge in [-0.3, -0.25) is 9.59 Å². The number of carboxylic acid groups (broad SMARTS) is 1. The number of hydrogen-bond acceptors (Lipinski definition) is 6. The smallest absolute Gasteiger partial charge is 0.349 e. The molecule has 0 saturated heterocycles. The molecule has 23 heavy (non-hydrogen) atoms. The molecule has 0 amide bonds. The van der Waals surface area contributed by atoms with E-state index in [1.54, 1.807) is 6.07 Å². The number of esters is 3. The molecule has 0 aliphatic carbocycles. The number of para-hydroxylation sites is 1. The van der Waals surface area contributed by atoms with Gasteiger partial charge >= 0.3 is 23.9 Å². The number of ether oxygens (including phenoxy) is 2. The number of hydrogen-bond donors (Lipinski definition) is 1. The van der Waals surface area contributed by atoms with E-state index in [1.807, 2.05) is 0 Å². The summed E-state index contributed by atoms with van der Waals surface area (Å²) in [6.45, 7) is 7.92. The van der Waals surface area contributed by atoms with E-state index in [4.69, 9.17) is 9.84 Å². The Hall–Kier alpha value is -3.22. The van der Waals surface area contributed by atoms with E-state index in [-0.39, 0.29) is 16.9 Å². The highest BCUT2D eigenvalue weighted by molar-refractivity contribution is 6.05. The van der Waals surface area contributed by atoms with Gasteiger partial charge in [-0.1, -0.05) is 31.4 Å². The van der Waals surface area contributed by atoms with E-state index < -0.39 is 30.3 Å². The van der Waals surface area contributed by atoms with Crippen molar-refractivity contribution >= 4 is 30.0 Å². The topological polar surface area (TPSA) is 107 Å². The molecule has 0 heterocycles. The van der Waals surface area contributed by atoms with Crippen LogP contribution in [-0.4, -0.2) is 29.0 Å². The number of carbonyl (C=O) groups is 4. The van der Waals surface area contributed by atoms with Crippen LogP contribution in [0.15, 0.2) is 36.9 Å². The lowest BCUT2D eigenvalue weighted by atomic mass is 10.1. The van der Waals surface area contributed by atoms with Gasteiger partial charge in [0.25, 0.3) is 0 Å². The maximum atomic E-state index is 12.1. The van der Waals surface area contributed by atoms with Crippen LogP contribution in [0.4, 0.5) is 0 Å². The number of carboxylic acids is 1. The third-order valence-corrected chi connectivity index (χ3v) is 2.57. The molecule has 1 aromatic carbocycles. The molecule has 7 nitrogen and oxygen atoms in total. The van der Waals surface area contributed by atoms with Gasteiger partial charge in [0.05, 0.1) is 6.42 Å². The Morgan fingerprint density at radius 1 is 1.26 bits per heavy atom. The molecule has 0 fully saturated rings. The number of benzene rings is 1. The Bertz CT molecular complexity index is 700. The third-order valence-electron chi connectivity index (χ3n) is 2.57. The second-order valence-electron chi connectivity index (χ2n) is 4.37. The van der Waals surface area contributed by atoms with Gasteiger partial charge < -0.3 is 14.6 Å². The highest BCUT2D eigenvalue weighted by Crippen LogP contribution is 2.26. The average molecular weight is 318 g/mol. The zero-order chi connectivity index (χ0) is 17.6. The average Bonchev–Trinajstić information content (AvgIpc) is 2.45. The van der Waals surface area contributed by atoms with Crippen LogP contribution in [0, 0.1) is 0 Å². The first-order chi connectivity index (χ1) is 10.8. The lowest BCUT2D eigenvalue weighted by Crippen LogP contribution is -2.17. The molecule has 0 aromatic heterocycles. The van der Waals surface area contributed by atoms with Crippen molar-refractivity contribution in [1.29, 1.82) is 0 Å². The van der Waals surface area contributed by atoms with Crippen LogP contribution in [0.1, 0.15) is 29.3 Å². The monoisotopic (exact) mass is 318 g/mol. The number of carbonyl (C=O) groups excluding carboxylic acids is 3. The molecule has 0 spiro atoms. The van der Waals surface area contributed by atoms with E-state index in [9.17, 15) is 19.2 Å². The summed E-state index contributed by atoms with van der Waals surface area (Å²) in [7, 11) is 0. The largest absolute Gasteiger partial charge is 0.481 e. The molecular weight excluding hydrogens is 304 g/mol. The molecular formula is C16H14O7. The summed E-state index contributed by atoms with van der Waals surface area (Å²) in [6.07, 6.45) is 0.704. The van der Waals surface area contributed by atoms with Crippen LogP contribution in [0.3, 0.4) is 0 Å². The fraction of sp³-hybridized carbons (Fsp3) is 0.125. The van der Waals surface area contributed by atoms with Crippen LogP contribution in [-0.2, 0) is 19.1 Å². The Kier molecular flexibility index (Phi) is 5.96. The first kappa shape index (κ1) is 17.8. The summed E-state index contributed by atoms with van der Waals surface area (Å²) >= 11 is 0. The maximum absolute atomic E-state index is 12.1. The van der Waals surface area contributed by atoms with E-state index >= 15 is 0 Å². The van der Waals surface area contributed by atoms with Crippen LogP contribution in [0.2, 0.25) is 0 Å². The zero-order valence-corrected chi connectivity index (χ0v) is 12.3. The van der Waals surface area contributed by atoms with Gasteiger partial charge in [-0.15, -0.1) is 0 Å². The van der Waals surface area contributed by atoms with Gasteiger partial charge in [0.15, 0.2) is 5.75 Å². The minimum absolute atomic E-state index is 0.100. The standard InChI is InChI=1S/C16H14O7/c1-4-11-6-5-7-12(14(11)22-10(3)17)16(21)23-15(20)9(2)8-13(18)19/h4-7H,1-2,8H2,3H3,(H,18,19). The van der Waals surface area contributed by atoms with Gasteiger partial charge in [-0.25, -0.2) is 9.59 Å². The number of rotatable bonds is 6. The Balaban J connectivity index is 3.06. The molecule has 0 aliphatic heterocycles. The highest BCUT2D eigenvalue weighted by atomic mass is 16.6. The maximum Gasteiger partial charge on any atom is 0.349 e. The predicted molar refractivity (Wildman–Crippen MR) is 79.7 cm³/mol. The molecule has 1 rings (SSSR count). The molecule has 0 unspecified atom stereocenters. The van der Waals surface area contributed by atoms with Crippen molar-refractivity contribution in [3.8, 4) is 5.75 Å². The quantitative estimate of drug-likeness (QED) is 0.370. The second kappa shape index (κ2) is 7.69. The van der Waals surface area contributed by atoms with Crippen molar-refractivity contribution in [1.82, 2.24) is 0 Å². The molecule has 0 aliphatic rings.